The molecule has 0 amide bonds. The summed E-state index contributed by atoms with van der Waals surface area (Å²) in [5.74, 6) is -2.75. The van der Waals surface area contributed by atoms with Crippen LogP contribution in [0.15, 0.2) is 24.3 Å². The molecule has 1 aromatic carbocycles. The molecular weight excluding hydrogens is 426 g/mol. The molecule has 0 heterocycles. The summed E-state index contributed by atoms with van der Waals surface area (Å²) in [6.45, 7) is 3.63. The molecule has 5 heteroatoms. The molecule has 196 valence electrons. The molecule has 0 aliphatic heterocycles. The number of rotatable bonds is 19. The van der Waals surface area contributed by atoms with Crippen LogP contribution in [0.25, 0.3) is 0 Å². The highest BCUT2D eigenvalue weighted by molar-refractivity contribution is 6.00. The molecule has 0 aliphatic rings. The maximum Gasteiger partial charge on any atom is 0.336 e. The van der Waals surface area contributed by atoms with Crippen molar-refractivity contribution < 1.29 is 24.3 Å². The molecule has 34 heavy (non-hydrogen) atoms. The molecule has 5 nitrogen and oxygen atoms in total. The van der Waals surface area contributed by atoms with Crippen LogP contribution in [0.5, 0.6) is 0 Å². The van der Waals surface area contributed by atoms with Crippen molar-refractivity contribution in [2.24, 2.45) is 0 Å². The van der Waals surface area contributed by atoms with Crippen LogP contribution in [0.3, 0.4) is 0 Å². The average Bonchev–Trinajstić information content (AvgIpc) is 2.78. The fraction of sp³-hybridized carbons (Fsp3) is 0.724. The first-order chi connectivity index (χ1) is 16.2. The second kappa shape index (κ2) is 20.5. The summed E-state index contributed by atoms with van der Waals surface area (Å²) in [4.78, 5) is 20.8. The van der Waals surface area contributed by atoms with Gasteiger partial charge in [0, 0.05) is 5.56 Å². The molecular formula is C29H51NO4. The zero-order valence-electron chi connectivity index (χ0n) is 22.4. The maximum absolute atomic E-state index is 10.4. The molecule has 0 spiro atoms. The molecule has 0 saturated carbocycles. The fourth-order valence-electron chi connectivity index (χ4n) is 3.98. The largest absolute Gasteiger partial charge is 0.545 e. The molecule has 1 rings (SSSR count). The number of quaternary nitrogens is 1. The van der Waals surface area contributed by atoms with Crippen molar-refractivity contribution in [1.29, 1.82) is 0 Å². The molecule has 0 aliphatic carbocycles. The predicted octanol–water partition coefficient (Wildman–Crippen LogP) is 6.70. The van der Waals surface area contributed by atoms with E-state index in [9.17, 15) is 14.7 Å². The molecule has 1 N–H and O–H groups in total. The van der Waals surface area contributed by atoms with E-state index in [1.165, 1.54) is 134 Å². The van der Waals surface area contributed by atoms with Gasteiger partial charge in [-0.1, -0.05) is 115 Å². The molecule has 0 unspecified atom stereocenters. The van der Waals surface area contributed by atoms with Gasteiger partial charge in [-0.2, -0.15) is 0 Å². The lowest BCUT2D eigenvalue weighted by Crippen LogP contribution is -2.35. The van der Waals surface area contributed by atoms with Gasteiger partial charge in [0.25, 0.3) is 0 Å². The van der Waals surface area contributed by atoms with Gasteiger partial charge < -0.3 is 19.5 Å². The highest BCUT2D eigenvalue weighted by atomic mass is 16.4. The van der Waals surface area contributed by atoms with Gasteiger partial charge in [-0.25, -0.2) is 4.79 Å². The van der Waals surface area contributed by atoms with Crippen molar-refractivity contribution >= 4 is 11.9 Å². The number of benzene rings is 1. The Kier molecular flexibility index (Phi) is 19.4. The van der Waals surface area contributed by atoms with Crippen molar-refractivity contribution in [3.8, 4) is 0 Å². The summed E-state index contributed by atoms with van der Waals surface area (Å²) < 4.78 is 1.12. The first-order valence-electron chi connectivity index (χ1n) is 13.5. The zero-order chi connectivity index (χ0) is 25.7. The van der Waals surface area contributed by atoms with Crippen molar-refractivity contribution in [1.82, 2.24) is 0 Å². The summed E-state index contributed by atoms with van der Waals surface area (Å²) in [6, 6.07) is 5.31. The summed E-state index contributed by atoms with van der Waals surface area (Å²) in [5.41, 5.74) is -0.553. The predicted molar refractivity (Wildman–Crippen MR) is 140 cm³/mol. The standard InChI is InChI=1S/C21H46N.C8H6O4/c1-5-6-7-8-9-10-11-12-13-14-15-16-17-18-19-20-21-22(2,3)4;9-7(10)5-3-1-2-4-6(5)8(11)12/h5-21H2,1-4H3;1-4H,(H,9,10)(H,11,12)/q+1;/p-1. The molecule has 0 atom stereocenters. The van der Waals surface area contributed by atoms with Gasteiger partial charge in [-0.05, 0) is 18.9 Å². The van der Waals surface area contributed by atoms with Crippen molar-refractivity contribution in [2.75, 3.05) is 27.7 Å². The summed E-state index contributed by atoms with van der Waals surface area (Å²) in [5, 5.41) is 18.9. The fourth-order valence-corrected chi connectivity index (χ4v) is 3.98. The highest BCUT2D eigenvalue weighted by Gasteiger charge is 2.08. The van der Waals surface area contributed by atoms with E-state index in [1.807, 2.05) is 0 Å². The Morgan fingerprint density at radius 1 is 0.676 bits per heavy atom. The van der Waals surface area contributed by atoms with Gasteiger partial charge >= 0.3 is 5.97 Å². The minimum Gasteiger partial charge on any atom is -0.545 e. The number of hydrogen-bond acceptors (Lipinski definition) is 3. The van der Waals surface area contributed by atoms with Gasteiger partial charge in [0.05, 0.1) is 39.2 Å². The van der Waals surface area contributed by atoms with Crippen LogP contribution < -0.4 is 5.11 Å². The van der Waals surface area contributed by atoms with E-state index in [4.69, 9.17) is 5.11 Å². The van der Waals surface area contributed by atoms with Gasteiger partial charge in [0.2, 0.25) is 0 Å². The molecule has 0 aromatic heterocycles. The second-order valence-corrected chi connectivity index (χ2v) is 10.5. The van der Waals surface area contributed by atoms with E-state index < -0.39 is 11.9 Å². The number of carboxylic acids is 2. The van der Waals surface area contributed by atoms with E-state index in [0.717, 1.165) is 4.48 Å². The monoisotopic (exact) mass is 477 g/mol. The Bertz CT molecular complexity index is 619. The lowest BCUT2D eigenvalue weighted by atomic mass is 10.0. The van der Waals surface area contributed by atoms with E-state index in [2.05, 4.69) is 28.1 Å². The van der Waals surface area contributed by atoms with Crippen LogP contribution in [-0.4, -0.2) is 49.2 Å². The Labute approximate surface area is 209 Å². The van der Waals surface area contributed by atoms with Crippen molar-refractivity contribution in [2.45, 2.75) is 110 Å². The number of aromatic carboxylic acids is 2. The number of unbranched alkanes of at least 4 members (excludes halogenated alkanes) is 15. The summed E-state index contributed by atoms with van der Waals surface area (Å²) >= 11 is 0. The second-order valence-electron chi connectivity index (χ2n) is 10.5. The minimum atomic E-state index is -1.48. The summed E-state index contributed by atoms with van der Waals surface area (Å²) in [7, 11) is 6.89. The molecule has 0 radical (unpaired) electrons. The van der Waals surface area contributed by atoms with Crippen LogP contribution >= 0.6 is 0 Å². The van der Waals surface area contributed by atoms with Gasteiger partial charge in [0.15, 0.2) is 0 Å². The third kappa shape index (κ3) is 19.6. The number of nitrogens with zero attached hydrogens (tertiary/aromatic N) is 1. The van der Waals surface area contributed by atoms with E-state index in [1.54, 1.807) is 0 Å². The zero-order valence-corrected chi connectivity index (χ0v) is 22.4. The molecule has 1 aromatic rings. The summed E-state index contributed by atoms with van der Waals surface area (Å²) in [6.07, 6.45) is 23.4. The smallest absolute Gasteiger partial charge is 0.336 e. The topological polar surface area (TPSA) is 77.4 Å². The Balaban J connectivity index is 0.000000757. The third-order valence-electron chi connectivity index (χ3n) is 6.06. The Morgan fingerprint density at radius 2 is 1.03 bits per heavy atom. The normalized spacial score (nSPS) is 11.1. The van der Waals surface area contributed by atoms with Crippen LogP contribution in [-0.2, 0) is 0 Å². The molecule has 0 saturated heterocycles. The van der Waals surface area contributed by atoms with Crippen molar-refractivity contribution in [3.63, 3.8) is 0 Å². The number of carbonyl (C=O) groups is 2. The number of carbonyl (C=O) groups excluding carboxylic acids is 1. The molecule has 0 fully saturated rings. The van der Waals surface area contributed by atoms with Crippen molar-refractivity contribution in [3.05, 3.63) is 35.4 Å². The van der Waals surface area contributed by atoms with Crippen LogP contribution in [0.1, 0.15) is 130 Å². The van der Waals surface area contributed by atoms with Gasteiger partial charge in [-0.15, -0.1) is 0 Å². The Hall–Kier alpha value is -1.88. The highest BCUT2D eigenvalue weighted by Crippen LogP contribution is 2.14. The van der Waals surface area contributed by atoms with Crippen LogP contribution in [0, 0.1) is 0 Å². The van der Waals surface area contributed by atoms with E-state index in [0.29, 0.717) is 0 Å². The van der Waals surface area contributed by atoms with Gasteiger partial charge in [0.1, 0.15) is 0 Å². The van der Waals surface area contributed by atoms with E-state index >= 15 is 0 Å². The number of carboxylic acid groups (broad SMARTS) is 2. The first-order valence-corrected chi connectivity index (χ1v) is 13.5. The van der Waals surface area contributed by atoms with Crippen LogP contribution in [0.2, 0.25) is 0 Å². The lowest BCUT2D eigenvalue weighted by Gasteiger charge is -2.23. The number of hydrogen-bond donors (Lipinski definition) is 1. The Morgan fingerprint density at radius 3 is 1.32 bits per heavy atom. The first kappa shape index (κ1) is 32.1. The minimum absolute atomic E-state index is 0.252. The van der Waals surface area contributed by atoms with E-state index in [-0.39, 0.29) is 11.1 Å². The average molecular weight is 478 g/mol. The lowest BCUT2D eigenvalue weighted by molar-refractivity contribution is -0.870. The quantitative estimate of drug-likeness (QED) is 0.178. The van der Waals surface area contributed by atoms with Gasteiger partial charge in [-0.3, -0.25) is 0 Å². The third-order valence-corrected chi connectivity index (χ3v) is 6.06. The van der Waals surface area contributed by atoms with Crippen LogP contribution in [0.4, 0.5) is 0 Å². The SMILES string of the molecule is CCCCCCCCCCCCCCCCCC[N+](C)(C)C.O=C([O-])c1ccccc1C(=O)O. The maximum atomic E-state index is 10.4. The molecule has 0 bridgehead atoms.